The van der Waals surface area contributed by atoms with Crippen LogP contribution in [0.2, 0.25) is 0 Å². The summed E-state index contributed by atoms with van der Waals surface area (Å²) in [6.07, 6.45) is 7.29. The molecule has 23 heavy (non-hydrogen) atoms. The fourth-order valence-electron chi connectivity index (χ4n) is 3.08. The second kappa shape index (κ2) is 7.40. The van der Waals surface area contributed by atoms with Crippen LogP contribution in [0.3, 0.4) is 0 Å². The van der Waals surface area contributed by atoms with Gasteiger partial charge in [0.05, 0.1) is 24.4 Å². The molecule has 1 aromatic rings. The van der Waals surface area contributed by atoms with Gasteiger partial charge in [-0.3, -0.25) is 9.48 Å². The zero-order chi connectivity index (χ0) is 16.2. The van der Waals surface area contributed by atoms with Gasteiger partial charge in [-0.05, 0) is 32.1 Å². The molecule has 2 N–H and O–H groups in total. The fourth-order valence-corrected chi connectivity index (χ4v) is 3.08. The smallest absolute Gasteiger partial charge is 0.220 e. The molecule has 1 amide bonds. The Morgan fingerprint density at radius 3 is 2.96 bits per heavy atom. The van der Waals surface area contributed by atoms with Crippen molar-refractivity contribution in [1.82, 2.24) is 20.3 Å². The van der Waals surface area contributed by atoms with Crippen molar-refractivity contribution in [2.45, 2.75) is 76.2 Å². The van der Waals surface area contributed by atoms with Crippen molar-refractivity contribution in [1.29, 1.82) is 0 Å². The van der Waals surface area contributed by atoms with Crippen molar-refractivity contribution in [3.63, 3.8) is 0 Å². The van der Waals surface area contributed by atoms with Gasteiger partial charge in [-0.2, -0.15) is 0 Å². The molecule has 1 aromatic heterocycles. The van der Waals surface area contributed by atoms with Crippen LogP contribution in [-0.2, 0) is 16.1 Å². The van der Waals surface area contributed by atoms with Crippen LogP contribution >= 0.6 is 0 Å². The van der Waals surface area contributed by atoms with Gasteiger partial charge in [0.1, 0.15) is 6.10 Å². The number of hydrogen-bond acceptors (Lipinski definition) is 5. The van der Waals surface area contributed by atoms with Crippen LogP contribution in [0.4, 0.5) is 0 Å². The number of nitrogens with zero attached hydrogens (tertiary/aromatic N) is 3. The lowest BCUT2D eigenvalue weighted by molar-refractivity contribution is -0.128. The number of amides is 1. The first kappa shape index (κ1) is 16.4. The zero-order valence-corrected chi connectivity index (χ0v) is 13.6. The zero-order valence-electron chi connectivity index (χ0n) is 13.6. The molecule has 2 fully saturated rings. The second-order valence-corrected chi connectivity index (χ2v) is 6.55. The summed E-state index contributed by atoms with van der Waals surface area (Å²) in [5.41, 5.74) is 1.10. The van der Waals surface area contributed by atoms with E-state index in [4.69, 9.17) is 4.74 Å². The molecule has 0 bridgehead atoms. The van der Waals surface area contributed by atoms with Crippen LogP contribution in [-0.4, -0.2) is 50.9 Å². The summed E-state index contributed by atoms with van der Waals surface area (Å²) in [5.74, 6) is 0.627. The number of aromatic nitrogens is 3. The SMILES string of the molecule is CCC(=O)N[C@H]1CC[C@@H](CCn2cc(C3CC3)nn2)O[C@@H]1CO. The highest BCUT2D eigenvalue weighted by Crippen LogP contribution is 2.38. The van der Waals surface area contributed by atoms with Crippen molar-refractivity contribution < 1.29 is 14.6 Å². The molecule has 0 unspecified atom stereocenters. The largest absolute Gasteiger partial charge is 0.394 e. The Balaban J connectivity index is 1.46. The Morgan fingerprint density at radius 2 is 2.26 bits per heavy atom. The molecule has 7 nitrogen and oxygen atoms in total. The van der Waals surface area contributed by atoms with E-state index in [2.05, 4.69) is 15.6 Å². The molecule has 1 aliphatic heterocycles. The molecule has 2 heterocycles. The molecule has 1 aliphatic carbocycles. The normalized spacial score (nSPS) is 27.8. The molecule has 7 heteroatoms. The Morgan fingerprint density at radius 1 is 1.43 bits per heavy atom. The highest BCUT2D eigenvalue weighted by Gasteiger charge is 2.31. The van der Waals surface area contributed by atoms with Crippen LogP contribution in [0, 0.1) is 0 Å². The molecule has 3 rings (SSSR count). The van der Waals surface area contributed by atoms with Crippen LogP contribution in [0.15, 0.2) is 6.20 Å². The van der Waals surface area contributed by atoms with Crippen LogP contribution in [0.5, 0.6) is 0 Å². The van der Waals surface area contributed by atoms with Gasteiger partial charge in [0.15, 0.2) is 0 Å². The van der Waals surface area contributed by atoms with Gasteiger partial charge in [0.2, 0.25) is 5.91 Å². The lowest BCUT2D eigenvalue weighted by atomic mass is 9.97. The molecule has 0 aromatic carbocycles. The molecule has 0 spiro atoms. The number of aliphatic hydroxyl groups excluding tert-OH is 1. The predicted molar refractivity (Wildman–Crippen MR) is 83.8 cm³/mol. The van der Waals surface area contributed by atoms with Crippen molar-refractivity contribution in [3.8, 4) is 0 Å². The first-order chi connectivity index (χ1) is 11.2. The first-order valence-electron chi connectivity index (χ1n) is 8.65. The molecule has 2 aliphatic rings. The van der Waals surface area contributed by atoms with Crippen LogP contribution in [0.1, 0.15) is 57.1 Å². The quantitative estimate of drug-likeness (QED) is 0.781. The average molecular weight is 322 g/mol. The molecule has 128 valence electrons. The van der Waals surface area contributed by atoms with Crippen LogP contribution < -0.4 is 5.32 Å². The van der Waals surface area contributed by atoms with E-state index in [1.54, 1.807) is 0 Å². The second-order valence-electron chi connectivity index (χ2n) is 6.55. The maximum atomic E-state index is 11.5. The maximum absolute atomic E-state index is 11.5. The lowest BCUT2D eigenvalue weighted by Gasteiger charge is -2.36. The maximum Gasteiger partial charge on any atom is 0.220 e. The minimum Gasteiger partial charge on any atom is -0.394 e. The number of aliphatic hydroxyl groups is 1. The minimum absolute atomic E-state index is 0.00530. The lowest BCUT2D eigenvalue weighted by Crippen LogP contribution is -2.50. The van der Waals surface area contributed by atoms with E-state index in [-0.39, 0.29) is 30.8 Å². The Bertz CT molecular complexity index is 529. The number of ether oxygens (including phenoxy) is 1. The van der Waals surface area contributed by atoms with Crippen molar-refractivity contribution >= 4 is 5.91 Å². The minimum atomic E-state index is -0.318. The van der Waals surface area contributed by atoms with E-state index < -0.39 is 0 Å². The average Bonchev–Trinajstić information content (AvgIpc) is 3.32. The Kier molecular flexibility index (Phi) is 5.27. The van der Waals surface area contributed by atoms with Gasteiger partial charge in [-0.25, -0.2) is 0 Å². The monoisotopic (exact) mass is 322 g/mol. The summed E-state index contributed by atoms with van der Waals surface area (Å²) < 4.78 is 7.84. The molecule has 3 atom stereocenters. The van der Waals surface area contributed by atoms with Crippen molar-refractivity contribution in [3.05, 3.63) is 11.9 Å². The topological polar surface area (TPSA) is 89.3 Å². The van der Waals surface area contributed by atoms with Gasteiger partial charge in [-0.1, -0.05) is 12.1 Å². The number of nitrogens with one attached hydrogen (secondary N) is 1. The first-order valence-corrected chi connectivity index (χ1v) is 8.65. The van der Waals surface area contributed by atoms with Gasteiger partial charge in [0.25, 0.3) is 0 Å². The van der Waals surface area contributed by atoms with Crippen molar-refractivity contribution in [2.75, 3.05) is 6.61 Å². The standard InChI is InChI=1S/C16H26N4O3/c1-2-16(22)17-13-6-5-12(23-15(13)10-21)7-8-20-9-14(18-19-20)11-3-4-11/h9,11-13,15,21H,2-8,10H2,1H3,(H,17,22)/t12-,13-,15+/m0/s1. The summed E-state index contributed by atoms with van der Waals surface area (Å²) in [7, 11) is 0. The van der Waals surface area contributed by atoms with E-state index in [9.17, 15) is 9.90 Å². The van der Waals surface area contributed by atoms with Crippen molar-refractivity contribution in [2.24, 2.45) is 0 Å². The highest BCUT2D eigenvalue weighted by molar-refractivity contribution is 5.75. The van der Waals surface area contributed by atoms with E-state index in [1.807, 2.05) is 17.8 Å². The predicted octanol–water partition coefficient (Wildman–Crippen LogP) is 0.980. The van der Waals surface area contributed by atoms with E-state index in [0.29, 0.717) is 12.3 Å². The number of carbonyl (C=O) groups excluding carboxylic acids is 1. The van der Waals surface area contributed by atoms with Crippen LogP contribution in [0.25, 0.3) is 0 Å². The van der Waals surface area contributed by atoms with Gasteiger partial charge < -0.3 is 15.2 Å². The van der Waals surface area contributed by atoms with Gasteiger partial charge in [-0.15, -0.1) is 5.10 Å². The molecule has 1 saturated heterocycles. The third kappa shape index (κ3) is 4.29. The molecule has 1 saturated carbocycles. The van der Waals surface area contributed by atoms with Gasteiger partial charge >= 0.3 is 0 Å². The van der Waals surface area contributed by atoms with E-state index in [0.717, 1.165) is 31.5 Å². The summed E-state index contributed by atoms with van der Waals surface area (Å²) in [4.78, 5) is 11.5. The highest BCUT2D eigenvalue weighted by atomic mass is 16.5. The Hall–Kier alpha value is -1.47. The molecule has 0 radical (unpaired) electrons. The number of aryl methyl sites for hydroxylation is 1. The molecular weight excluding hydrogens is 296 g/mol. The summed E-state index contributed by atoms with van der Waals surface area (Å²) in [6.45, 7) is 2.53. The number of hydrogen-bond donors (Lipinski definition) is 2. The van der Waals surface area contributed by atoms with E-state index >= 15 is 0 Å². The van der Waals surface area contributed by atoms with E-state index in [1.165, 1.54) is 12.8 Å². The fraction of sp³-hybridized carbons (Fsp3) is 0.812. The summed E-state index contributed by atoms with van der Waals surface area (Å²) in [6, 6.07) is -0.0865. The Labute approximate surface area is 136 Å². The molecular formula is C16H26N4O3. The van der Waals surface area contributed by atoms with Gasteiger partial charge in [0, 0.05) is 25.1 Å². The third-order valence-electron chi connectivity index (χ3n) is 4.70. The number of carbonyl (C=O) groups is 1. The summed E-state index contributed by atoms with van der Waals surface area (Å²) >= 11 is 0. The third-order valence-corrected chi connectivity index (χ3v) is 4.70. The number of rotatable bonds is 7. The summed E-state index contributed by atoms with van der Waals surface area (Å²) in [5, 5.41) is 20.8.